The van der Waals surface area contributed by atoms with E-state index in [1.165, 1.54) is 0 Å². The first-order valence-corrected chi connectivity index (χ1v) is 8.14. The second kappa shape index (κ2) is 5.80. The largest absolute Gasteiger partial charge is 0.478 e. The van der Waals surface area contributed by atoms with Crippen LogP contribution in [0.3, 0.4) is 0 Å². The maximum atomic E-state index is 11.5. The van der Waals surface area contributed by atoms with Gasteiger partial charge in [-0.3, -0.25) is 14.5 Å². The van der Waals surface area contributed by atoms with Gasteiger partial charge in [0.05, 0.1) is 23.0 Å². The molecule has 0 atom stereocenters. The highest BCUT2D eigenvalue weighted by molar-refractivity contribution is 6.00. The van der Waals surface area contributed by atoms with E-state index in [1.54, 1.807) is 30.1 Å². The molecule has 4 rings (SSSR count). The minimum Gasteiger partial charge on any atom is -0.478 e. The average Bonchev–Trinajstić information content (AvgIpc) is 3.32. The van der Waals surface area contributed by atoms with Crippen molar-refractivity contribution in [1.82, 2.24) is 34.7 Å². The lowest BCUT2D eigenvalue weighted by Gasteiger charge is -2.03. The van der Waals surface area contributed by atoms with Crippen molar-refractivity contribution in [2.24, 2.45) is 7.05 Å². The molecule has 0 spiro atoms. The standard InChI is InChI=1S/C17H17N7O2/c1-4-24-14(5-9(2)22-24)16-19-15(20-21-16)11-6-10(17(25)26)7-13-12(11)8-18-23(13)3/h5-8H,4H2,1-3H3,(H,25,26)(H,19,20,21). The average molecular weight is 351 g/mol. The summed E-state index contributed by atoms with van der Waals surface area (Å²) < 4.78 is 3.47. The first-order chi connectivity index (χ1) is 12.5. The van der Waals surface area contributed by atoms with Crippen LogP contribution in [0.25, 0.3) is 33.8 Å². The number of aromatic nitrogens is 7. The molecule has 0 aliphatic heterocycles. The maximum absolute atomic E-state index is 11.5. The van der Waals surface area contributed by atoms with Crippen LogP contribution in [0.1, 0.15) is 23.0 Å². The number of hydrogen-bond acceptors (Lipinski definition) is 5. The van der Waals surface area contributed by atoms with Crippen molar-refractivity contribution in [2.45, 2.75) is 20.4 Å². The minimum absolute atomic E-state index is 0.164. The van der Waals surface area contributed by atoms with Gasteiger partial charge in [-0.05, 0) is 32.0 Å². The van der Waals surface area contributed by atoms with E-state index in [-0.39, 0.29) is 5.56 Å². The fourth-order valence-electron chi connectivity index (χ4n) is 3.03. The summed E-state index contributed by atoms with van der Waals surface area (Å²) in [5.74, 6) is -0.00684. The number of aromatic carboxylic acids is 1. The van der Waals surface area contributed by atoms with Gasteiger partial charge in [0.1, 0.15) is 5.69 Å². The Labute approximate surface area is 148 Å². The number of carbonyl (C=O) groups is 1. The van der Waals surface area contributed by atoms with Crippen molar-refractivity contribution in [2.75, 3.05) is 0 Å². The number of carboxylic acids is 1. The van der Waals surface area contributed by atoms with E-state index in [1.807, 2.05) is 24.6 Å². The Kier molecular flexibility index (Phi) is 3.57. The highest BCUT2D eigenvalue weighted by Crippen LogP contribution is 2.29. The lowest BCUT2D eigenvalue weighted by atomic mass is 10.1. The summed E-state index contributed by atoms with van der Waals surface area (Å²) in [6, 6.07) is 5.10. The highest BCUT2D eigenvalue weighted by atomic mass is 16.4. The van der Waals surface area contributed by atoms with Crippen LogP contribution in [0.4, 0.5) is 0 Å². The van der Waals surface area contributed by atoms with Crippen LogP contribution in [0.5, 0.6) is 0 Å². The molecule has 0 saturated heterocycles. The second-order valence-corrected chi connectivity index (χ2v) is 6.02. The predicted octanol–water partition coefficient (Wildman–Crippen LogP) is 2.25. The Bertz CT molecular complexity index is 1140. The predicted molar refractivity (Wildman–Crippen MR) is 94.7 cm³/mol. The number of fused-ring (bicyclic) bond motifs is 1. The van der Waals surface area contributed by atoms with Crippen molar-refractivity contribution in [3.05, 3.63) is 35.7 Å². The quantitative estimate of drug-likeness (QED) is 0.583. The highest BCUT2D eigenvalue weighted by Gasteiger charge is 2.18. The Morgan fingerprint density at radius 1 is 1.31 bits per heavy atom. The molecule has 0 bridgehead atoms. The van der Waals surface area contributed by atoms with Gasteiger partial charge >= 0.3 is 5.97 Å². The number of carboxylic acid groups (broad SMARTS) is 1. The molecule has 3 aromatic heterocycles. The summed E-state index contributed by atoms with van der Waals surface area (Å²) in [6.45, 7) is 4.63. The molecule has 0 unspecified atom stereocenters. The summed E-state index contributed by atoms with van der Waals surface area (Å²) in [5, 5.41) is 26.1. The smallest absolute Gasteiger partial charge is 0.335 e. The van der Waals surface area contributed by atoms with E-state index >= 15 is 0 Å². The van der Waals surface area contributed by atoms with Crippen LogP contribution in [-0.4, -0.2) is 45.8 Å². The SMILES string of the molecule is CCn1nc(C)cc1-c1nc(-c2cc(C(=O)O)cc3c2cnn3C)n[nH]1. The lowest BCUT2D eigenvalue weighted by molar-refractivity contribution is 0.0697. The zero-order valence-electron chi connectivity index (χ0n) is 14.6. The van der Waals surface area contributed by atoms with Gasteiger partial charge in [0, 0.05) is 24.5 Å². The number of H-pyrrole nitrogens is 1. The van der Waals surface area contributed by atoms with Gasteiger partial charge in [0.25, 0.3) is 0 Å². The molecular weight excluding hydrogens is 334 g/mol. The Hall–Kier alpha value is -3.49. The molecule has 0 aliphatic rings. The normalized spacial score (nSPS) is 11.3. The Morgan fingerprint density at radius 3 is 2.85 bits per heavy atom. The summed E-state index contributed by atoms with van der Waals surface area (Å²) >= 11 is 0. The first kappa shape index (κ1) is 16.0. The van der Waals surface area contributed by atoms with E-state index in [0.29, 0.717) is 29.3 Å². The van der Waals surface area contributed by atoms with Crippen LogP contribution < -0.4 is 0 Å². The molecule has 1 aromatic carbocycles. The number of rotatable bonds is 4. The van der Waals surface area contributed by atoms with Gasteiger partial charge in [-0.1, -0.05) is 0 Å². The van der Waals surface area contributed by atoms with Crippen LogP contribution in [0.15, 0.2) is 24.4 Å². The van der Waals surface area contributed by atoms with Crippen LogP contribution in [-0.2, 0) is 13.6 Å². The van der Waals surface area contributed by atoms with E-state index < -0.39 is 5.97 Å². The summed E-state index contributed by atoms with van der Waals surface area (Å²) in [5.41, 5.74) is 3.22. The Morgan fingerprint density at radius 2 is 2.12 bits per heavy atom. The molecule has 9 heteroatoms. The molecule has 0 saturated carbocycles. The third kappa shape index (κ3) is 2.44. The monoisotopic (exact) mass is 351 g/mol. The first-order valence-electron chi connectivity index (χ1n) is 8.14. The molecule has 132 valence electrons. The van der Waals surface area contributed by atoms with Gasteiger partial charge < -0.3 is 5.11 Å². The van der Waals surface area contributed by atoms with Crippen LogP contribution >= 0.6 is 0 Å². The van der Waals surface area contributed by atoms with Crippen LogP contribution in [0, 0.1) is 6.92 Å². The van der Waals surface area contributed by atoms with Crippen molar-refractivity contribution in [3.8, 4) is 22.9 Å². The van der Waals surface area contributed by atoms with E-state index in [9.17, 15) is 9.90 Å². The van der Waals surface area contributed by atoms with E-state index in [2.05, 4.69) is 25.4 Å². The maximum Gasteiger partial charge on any atom is 0.335 e. The fourth-order valence-corrected chi connectivity index (χ4v) is 3.03. The number of hydrogen-bond donors (Lipinski definition) is 2. The minimum atomic E-state index is -1.01. The molecule has 0 radical (unpaired) electrons. The summed E-state index contributed by atoms with van der Waals surface area (Å²) in [7, 11) is 1.77. The zero-order chi connectivity index (χ0) is 18.4. The lowest BCUT2D eigenvalue weighted by Crippen LogP contribution is -2.00. The third-order valence-electron chi connectivity index (χ3n) is 4.28. The third-order valence-corrected chi connectivity index (χ3v) is 4.28. The van der Waals surface area contributed by atoms with Crippen molar-refractivity contribution in [1.29, 1.82) is 0 Å². The number of nitrogens with zero attached hydrogens (tertiary/aromatic N) is 6. The number of benzene rings is 1. The van der Waals surface area contributed by atoms with Crippen molar-refractivity contribution in [3.63, 3.8) is 0 Å². The van der Waals surface area contributed by atoms with Crippen molar-refractivity contribution >= 4 is 16.9 Å². The summed E-state index contributed by atoms with van der Waals surface area (Å²) in [4.78, 5) is 16.1. The molecule has 4 aromatic rings. The van der Waals surface area contributed by atoms with Gasteiger partial charge in [-0.25, -0.2) is 9.78 Å². The van der Waals surface area contributed by atoms with E-state index in [0.717, 1.165) is 16.8 Å². The van der Waals surface area contributed by atoms with Gasteiger partial charge in [0.15, 0.2) is 11.6 Å². The molecule has 0 amide bonds. The Balaban J connectivity index is 1.89. The zero-order valence-corrected chi connectivity index (χ0v) is 14.6. The molecular formula is C17H17N7O2. The number of aryl methyl sites for hydroxylation is 3. The van der Waals surface area contributed by atoms with E-state index in [4.69, 9.17) is 0 Å². The van der Waals surface area contributed by atoms with Gasteiger partial charge in [-0.2, -0.15) is 15.3 Å². The molecule has 9 nitrogen and oxygen atoms in total. The second-order valence-electron chi connectivity index (χ2n) is 6.02. The van der Waals surface area contributed by atoms with Gasteiger partial charge in [0.2, 0.25) is 0 Å². The molecule has 3 heterocycles. The number of nitrogens with one attached hydrogen (secondary N) is 1. The fraction of sp³-hybridized carbons (Fsp3) is 0.235. The molecule has 26 heavy (non-hydrogen) atoms. The molecule has 2 N–H and O–H groups in total. The molecule has 0 aliphatic carbocycles. The molecule has 0 fully saturated rings. The number of aromatic amines is 1. The van der Waals surface area contributed by atoms with Crippen LogP contribution in [0.2, 0.25) is 0 Å². The van der Waals surface area contributed by atoms with Crippen molar-refractivity contribution < 1.29 is 9.90 Å². The summed E-state index contributed by atoms with van der Waals surface area (Å²) in [6.07, 6.45) is 1.69. The topological polar surface area (TPSA) is 115 Å². The van der Waals surface area contributed by atoms with Gasteiger partial charge in [-0.15, -0.1) is 0 Å².